The number of hydrazine groups is 1. The van der Waals surface area contributed by atoms with Gasteiger partial charge in [-0.05, 0) is 267 Å². The fourth-order valence-corrected chi connectivity index (χ4v) is 20.5. The third-order valence-corrected chi connectivity index (χ3v) is 26.6. The minimum atomic E-state index is -0.700. The van der Waals surface area contributed by atoms with Crippen LogP contribution in [0.4, 0.5) is 0 Å². The zero-order valence-electron chi connectivity index (χ0n) is 74.9. The van der Waals surface area contributed by atoms with E-state index >= 15 is 0 Å². The van der Waals surface area contributed by atoms with Gasteiger partial charge in [-0.2, -0.15) is 5.10 Å². The summed E-state index contributed by atoms with van der Waals surface area (Å²) in [6.07, 6.45) is 38.0. The summed E-state index contributed by atoms with van der Waals surface area (Å²) in [5.41, 5.74) is 4.84. The standard InChI is InChI=1S/C18H20N6O2.2C18H18N4O3.C18H20N4O2.C13H15BrN2O2.C7H9N3O2.CH4.H4N2.H2O/c1-11-9-12(14(23-19)13-5-8-20-10-21-13)17(26)24-15(11)16(25)22-18(24)6-3-2-4-7-18;2*1-11-9-12(15(23)13-5-8-19-10-20-13)17(25)22-14(11)16(24)21-18(22)6-3-2-4-7-18;1-12-9-13(10-14-5-8-19-11-20-14)17(24)22-15(12)16(23)21-18(22)6-3-2-4-7-18;1-8-7-9(14)12(18)16-10(8)11(17)15-13(16)5-3-2-4-6-13;1-10(12-2)7(11)6-3-4-8-5-9-6;;1-2;/h5,8-10H,2-4,6-7,19H2,1H3,(H,22,25);2*5,8-10H,2-4,6-7H2,1H3,(H,21,24);5,8-9,11H,2-4,6-7,10H2,1H3,(H,21,23);7H,2-6H2,1H3,(H,15,17);3-5H,1-2H3;1H4;1-2H2;1H2. The Bertz CT molecular complexity index is 6330. The van der Waals surface area contributed by atoms with E-state index < -0.39 is 51.0 Å². The molecule has 20 rings (SSSR count). The van der Waals surface area contributed by atoms with E-state index in [1.807, 2.05) is 32.9 Å². The predicted molar refractivity (Wildman–Crippen MR) is 495 cm³/mol. The molecule has 0 aromatic carbocycles. The van der Waals surface area contributed by atoms with Gasteiger partial charge in [0, 0.05) is 55.7 Å². The highest BCUT2D eigenvalue weighted by Gasteiger charge is 2.51. The molecule has 704 valence electrons. The fraction of sp³-hybridized carbons (Fsp3) is 0.419. The van der Waals surface area contributed by atoms with Crippen molar-refractivity contribution in [3.63, 3.8) is 0 Å². The van der Waals surface area contributed by atoms with Crippen molar-refractivity contribution in [2.75, 3.05) is 14.2 Å². The number of pyridine rings is 5. The first-order valence-corrected chi connectivity index (χ1v) is 44.8. The molecule has 10 aromatic rings. The van der Waals surface area contributed by atoms with Crippen LogP contribution in [0, 0.1) is 34.6 Å². The van der Waals surface area contributed by atoms with Crippen molar-refractivity contribution in [1.29, 1.82) is 0 Å². The Hall–Kier alpha value is -13.9. The number of carbonyl (C=O) groups is 8. The zero-order chi connectivity index (χ0) is 94.1. The molecule has 5 spiro atoms. The summed E-state index contributed by atoms with van der Waals surface area (Å²) in [7, 11) is 2.93. The normalized spacial score (nSPS) is 17.4. The van der Waals surface area contributed by atoms with Gasteiger partial charge < -0.3 is 37.9 Å². The first-order valence-electron chi connectivity index (χ1n) is 44.0. The molecule has 0 bridgehead atoms. The summed E-state index contributed by atoms with van der Waals surface area (Å²) < 4.78 is 8.64. The highest BCUT2D eigenvalue weighted by Crippen LogP contribution is 2.43. The third-order valence-electron chi connectivity index (χ3n) is 26.0. The van der Waals surface area contributed by atoms with Gasteiger partial charge in [0.15, 0.2) is 0 Å². The molecule has 0 saturated heterocycles. The molecule has 0 unspecified atom stereocenters. The number of rotatable bonds is 10. The number of nitrogens with zero attached hydrogens (tertiary/aromatic N) is 17. The number of hydrogen-bond donors (Lipinski definition) is 8. The van der Waals surface area contributed by atoms with Crippen molar-refractivity contribution in [3.05, 3.63) is 287 Å². The molecule has 10 aromatic heterocycles. The van der Waals surface area contributed by atoms with Crippen molar-refractivity contribution in [2.24, 2.45) is 22.6 Å². The van der Waals surface area contributed by atoms with Gasteiger partial charge in [0.25, 0.3) is 63.2 Å². The number of fused-ring (bicyclic) bond motifs is 10. The highest BCUT2D eigenvalue weighted by atomic mass is 79.9. The molecule has 15 heterocycles. The van der Waals surface area contributed by atoms with E-state index in [1.54, 1.807) is 58.1 Å². The molecule has 40 nitrogen and oxygen atoms in total. The second kappa shape index (κ2) is 41.9. The van der Waals surface area contributed by atoms with Crippen LogP contribution in [0.1, 0.15) is 313 Å². The van der Waals surface area contributed by atoms with Crippen LogP contribution >= 0.6 is 15.9 Å². The molecule has 0 radical (unpaired) electrons. The van der Waals surface area contributed by atoms with E-state index in [9.17, 15) is 62.3 Å². The molecule has 134 heavy (non-hydrogen) atoms. The Morgan fingerprint density at radius 2 is 0.672 bits per heavy atom. The minimum Gasteiger partial charge on any atom is -0.412 e. The number of ketones is 2. The lowest BCUT2D eigenvalue weighted by Crippen LogP contribution is -2.49. The number of hydroxylamine groups is 2. The van der Waals surface area contributed by atoms with E-state index in [0.717, 1.165) is 156 Å². The van der Waals surface area contributed by atoms with Crippen LogP contribution in [-0.2, 0) is 39.6 Å². The molecule has 0 atom stereocenters. The van der Waals surface area contributed by atoms with Crippen molar-refractivity contribution < 1.29 is 48.7 Å². The topological polar surface area (TPSA) is 570 Å². The number of halogens is 1. The van der Waals surface area contributed by atoms with Crippen molar-refractivity contribution in [2.45, 2.75) is 237 Å². The van der Waals surface area contributed by atoms with E-state index in [4.69, 9.17) is 5.84 Å². The molecule has 10 aliphatic rings. The Morgan fingerprint density at radius 1 is 0.396 bits per heavy atom. The van der Waals surface area contributed by atoms with Crippen LogP contribution < -0.4 is 71.9 Å². The monoisotopic (exact) mass is 1900 g/mol. The van der Waals surface area contributed by atoms with Crippen LogP contribution in [0.5, 0.6) is 0 Å². The second-order valence-corrected chi connectivity index (χ2v) is 35.2. The largest absolute Gasteiger partial charge is 0.412 e. The quantitative estimate of drug-likeness (QED) is 0.0295. The molecule has 6 amide bonds. The molecule has 5 saturated carbocycles. The van der Waals surface area contributed by atoms with E-state index in [0.29, 0.717) is 104 Å². The van der Waals surface area contributed by atoms with E-state index in [-0.39, 0.29) is 87.5 Å². The summed E-state index contributed by atoms with van der Waals surface area (Å²) in [6, 6.07) is 16.2. The van der Waals surface area contributed by atoms with Gasteiger partial charge in [0.1, 0.15) is 111 Å². The van der Waals surface area contributed by atoms with Gasteiger partial charge >= 0.3 is 0 Å². The molecular weight excluding hydrogens is 1790 g/mol. The first kappa shape index (κ1) is 99.1. The molecule has 5 fully saturated rings. The molecular formula is C93H110BrN25O15. The Morgan fingerprint density at radius 3 is 0.978 bits per heavy atom. The van der Waals surface area contributed by atoms with Crippen LogP contribution in [0.2, 0.25) is 0 Å². The molecule has 5 aliphatic heterocycles. The van der Waals surface area contributed by atoms with Crippen molar-refractivity contribution >= 4 is 68.7 Å². The summed E-state index contributed by atoms with van der Waals surface area (Å²) >= 11 is 3.30. The second-order valence-electron chi connectivity index (χ2n) is 34.3. The van der Waals surface area contributed by atoms with Crippen LogP contribution in [0.3, 0.4) is 0 Å². The summed E-state index contributed by atoms with van der Waals surface area (Å²) in [5.74, 6) is 11.5. The van der Waals surface area contributed by atoms with Gasteiger partial charge in [0.2, 0.25) is 11.6 Å². The Labute approximate surface area is 778 Å². The molecule has 41 heteroatoms. The van der Waals surface area contributed by atoms with Crippen LogP contribution in [0.25, 0.3) is 0 Å². The average Bonchev–Trinajstić information content (AvgIpc) is 1.64. The number of amides is 6. The van der Waals surface area contributed by atoms with Gasteiger partial charge in [-0.15, -0.1) is 0 Å². The lowest BCUT2D eigenvalue weighted by molar-refractivity contribution is -0.0760. The summed E-state index contributed by atoms with van der Waals surface area (Å²) in [5, 5.41) is 20.2. The van der Waals surface area contributed by atoms with Gasteiger partial charge in [-0.25, -0.2) is 54.9 Å². The Kier molecular flexibility index (Phi) is 31.0. The van der Waals surface area contributed by atoms with Crippen molar-refractivity contribution in [1.82, 2.24) is 104 Å². The van der Waals surface area contributed by atoms with Gasteiger partial charge in [-0.3, -0.25) is 102 Å². The maximum absolute atomic E-state index is 13.4. The number of hydrogen-bond acceptors (Lipinski definition) is 28. The molecule has 13 N–H and O–H groups in total. The SMILES string of the molecule is C.CON(C)C(=O)c1ccncn1.Cc1cc(Br)c(=O)n2c1C(=O)NC21CCCCC1.Cc1cc(C(=NN)c2ccncn2)c(=O)n2c1C(=O)NC21CCCCC1.Cc1cc(C(=O)c2ccncn2)c(=O)n2c1C(=O)NC21CCCCC1.Cc1cc(C(=O)c2ccncn2)c(=O)n2c1C(=O)NC21CCCCC1.Cc1cc(Cc2ccncn2)c(=O)n2c1C(=O)NC21CCCCC1.NN.O. The third kappa shape index (κ3) is 19.1. The molecule has 5 aliphatic carbocycles. The fourth-order valence-electron chi connectivity index (χ4n) is 20.0. The first-order chi connectivity index (χ1) is 63.5. The van der Waals surface area contributed by atoms with Crippen molar-refractivity contribution in [3.8, 4) is 0 Å². The van der Waals surface area contributed by atoms with Crippen LogP contribution in [-0.4, -0.2) is 150 Å². The number of carbonyl (C=O) groups excluding carboxylic acids is 8. The lowest BCUT2D eigenvalue weighted by Gasteiger charge is -2.35. The maximum atomic E-state index is 13.4. The number of aryl methyl sites for hydroxylation is 5. The smallest absolute Gasteiger partial charge is 0.295 e. The van der Waals surface area contributed by atoms with E-state index in [2.05, 4.69) is 114 Å². The number of nitrogens with two attached hydrogens (primary N) is 3. The number of nitrogens with one attached hydrogen (secondary N) is 5. The van der Waals surface area contributed by atoms with Crippen LogP contribution in [0.15, 0.2) is 157 Å². The zero-order valence-corrected chi connectivity index (χ0v) is 76.4. The minimum absolute atomic E-state index is 0. The van der Waals surface area contributed by atoms with Gasteiger partial charge in [0.05, 0.1) is 34.0 Å². The number of aromatic nitrogens is 15. The summed E-state index contributed by atoms with van der Waals surface area (Å²) in [6.45, 7) is 9.10. The lowest BCUT2D eigenvalue weighted by atomic mass is 9.89. The Balaban J connectivity index is 0.000000146. The predicted octanol–water partition coefficient (Wildman–Crippen LogP) is 7.01. The number of hydrazone groups is 1. The summed E-state index contributed by atoms with van der Waals surface area (Å²) in [4.78, 5) is 208. The highest BCUT2D eigenvalue weighted by molar-refractivity contribution is 9.10. The van der Waals surface area contributed by atoms with Gasteiger partial charge in [-0.1, -0.05) is 39.5 Å². The average molecular weight is 1900 g/mol. The van der Waals surface area contributed by atoms with E-state index in [1.165, 1.54) is 110 Å². The maximum Gasteiger partial charge on any atom is 0.295 e.